The molecule has 1 saturated heterocycles. The number of hydrogen-bond acceptors (Lipinski definition) is 5. The van der Waals surface area contributed by atoms with Gasteiger partial charge in [0.1, 0.15) is 11.5 Å². The highest BCUT2D eigenvalue weighted by molar-refractivity contribution is 6.05. The van der Waals surface area contributed by atoms with Gasteiger partial charge in [0, 0.05) is 25.4 Å². The van der Waals surface area contributed by atoms with Gasteiger partial charge in [0.15, 0.2) is 11.4 Å². The molecule has 4 rings (SSSR count). The molecule has 3 aromatic rings. The van der Waals surface area contributed by atoms with E-state index in [1.807, 2.05) is 37.4 Å². The third kappa shape index (κ3) is 4.01. The van der Waals surface area contributed by atoms with Crippen LogP contribution in [0.3, 0.4) is 0 Å². The lowest BCUT2D eigenvalue weighted by molar-refractivity contribution is 0.0949. The van der Waals surface area contributed by atoms with Gasteiger partial charge in [0.05, 0.1) is 0 Å². The first-order valence-corrected chi connectivity index (χ1v) is 9.55. The van der Waals surface area contributed by atoms with Crippen LogP contribution in [0.5, 0.6) is 0 Å². The first-order valence-electron chi connectivity index (χ1n) is 9.55. The molecule has 3 heterocycles. The zero-order valence-corrected chi connectivity index (χ0v) is 15.6. The molecule has 0 amide bonds. The van der Waals surface area contributed by atoms with Crippen molar-refractivity contribution in [3.63, 3.8) is 0 Å². The second-order valence-corrected chi connectivity index (χ2v) is 7.30. The normalized spacial score (nSPS) is 15.1. The molecule has 1 aliphatic heterocycles. The first-order chi connectivity index (χ1) is 13.2. The predicted molar refractivity (Wildman–Crippen MR) is 107 cm³/mol. The molecule has 0 spiro atoms. The molecule has 0 unspecified atom stereocenters. The van der Waals surface area contributed by atoms with Crippen molar-refractivity contribution in [2.45, 2.75) is 25.8 Å². The fraction of sp³-hybridized carbons (Fsp3) is 0.381. The number of nitrogens with zero attached hydrogens (tertiary/aromatic N) is 3. The van der Waals surface area contributed by atoms with Crippen molar-refractivity contribution in [1.29, 1.82) is 0 Å². The number of H-pyrrole nitrogens is 1. The van der Waals surface area contributed by atoms with Gasteiger partial charge in [-0.3, -0.25) is 9.89 Å². The zero-order chi connectivity index (χ0) is 18.6. The summed E-state index contributed by atoms with van der Waals surface area (Å²) in [4.78, 5) is 19.4. The number of nitrogens with one attached hydrogen (secondary N) is 2. The smallest absolute Gasteiger partial charge is 0.183 e. The maximum absolute atomic E-state index is 12.7. The number of hydrogen-bond donors (Lipinski definition) is 2. The summed E-state index contributed by atoms with van der Waals surface area (Å²) in [7, 11) is 2.01. The lowest BCUT2D eigenvalue weighted by Gasteiger charge is -2.21. The Labute approximate surface area is 159 Å². The number of Topliss-reactive ketones (excluding diaryl/α,β-unsaturated/α-hetero) is 1. The number of pyridine rings is 1. The van der Waals surface area contributed by atoms with Crippen molar-refractivity contribution in [1.82, 2.24) is 20.5 Å². The zero-order valence-electron chi connectivity index (χ0n) is 15.6. The molecule has 1 aliphatic rings. The number of rotatable bonds is 6. The third-order valence-electron chi connectivity index (χ3n) is 5.27. The quantitative estimate of drug-likeness (QED) is 0.658. The van der Waals surface area contributed by atoms with Crippen molar-refractivity contribution in [3.8, 4) is 0 Å². The summed E-state index contributed by atoms with van der Waals surface area (Å²) in [6.07, 6.45) is 2.70. The van der Waals surface area contributed by atoms with Crippen LogP contribution in [0.4, 0.5) is 5.82 Å². The summed E-state index contributed by atoms with van der Waals surface area (Å²) in [5, 5.41) is 11.4. The number of ketones is 1. The van der Waals surface area contributed by atoms with Crippen LogP contribution < -0.4 is 10.2 Å². The minimum absolute atomic E-state index is 0.136. The summed E-state index contributed by atoms with van der Waals surface area (Å²) in [6.45, 7) is 2.77. The molecule has 6 nitrogen and oxygen atoms in total. The fourth-order valence-corrected chi connectivity index (χ4v) is 3.70. The maximum Gasteiger partial charge on any atom is 0.183 e. The van der Waals surface area contributed by atoms with Crippen LogP contribution in [-0.4, -0.2) is 41.1 Å². The van der Waals surface area contributed by atoms with E-state index in [1.54, 1.807) is 0 Å². The largest absolute Gasteiger partial charge is 0.355 e. The van der Waals surface area contributed by atoms with Crippen molar-refractivity contribution >= 4 is 22.6 Å². The molecule has 140 valence electrons. The topological polar surface area (TPSA) is 73.9 Å². The summed E-state index contributed by atoms with van der Waals surface area (Å²) < 4.78 is 0. The molecule has 2 aromatic heterocycles. The van der Waals surface area contributed by atoms with E-state index in [4.69, 9.17) is 0 Å². The average Bonchev–Trinajstić information content (AvgIpc) is 3.13. The number of piperidine rings is 1. The van der Waals surface area contributed by atoms with E-state index in [0.717, 1.165) is 43.7 Å². The SMILES string of the molecule is CN(Cc1ccccc1)c1ccc2c(C(=O)CC3CCNCC3)[nH]nc2n1. The number of anilines is 1. The highest BCUT2D eigenvalue weighted by Crippen LogP contribution is 2.24. The molecule has 0 atom stereocenters. The Hall–Kier alpha value is -2.73. The predicted octanol–water partition coefficient (Wildman–Crippen LogP) is 3.17. The van der Waals surface area contributed by atoms with Gasteiger partial charge in [0.2, 0.25) is 0 Å². The molecule has 1 aromatic carbocycles. The maximum atomic E-state index is 12.7. The third-order valence-corrected chi connectivity index (χ3v) is 5.27. The van der Waals surface area contributed by atoms with Gasteiger partial charge >= 0.3 is 0 Å². The summed E-state index contributed by atoms with van der Waals surface area (Å²) in [5.41, 5.74) is 2.41. The highest BCUT2D eigenvalue weighted by Gasteiger charge is 2.21. The second-order valence-electron chi connectivity index (χ2n) is 7.30. The minimum Gasteiger partial charge on any atom is -0.355 e. The summed E-state index contributed by atoms with van der Waals surface area (Å²) >= 11 is 0. The summed E-state index contributed by atoms with van der Waals surface area (Å²) in [5.74, 6) is 1.44. The van der Waals surface area contributed by atoms with E-state index in [9.17, 15) is 4.79 Å². The minimum atomic E-state index is 0.136. The van der Waals surface area contributed by atoms with Gasteiger partial charge in [0.25, 0.3) is 0 Å². The number of carbonyl (C=O) groups excluding carboxylic acids is 1. The Morgan fingerprint density at radius 3 is 2.70 bits per heavy atom. The van der Waals surface area contributed by atoms with Crippen molar-refractivity contribution < 1.29 is 4.79 Å². The molecule has 6 heteroatoms. The van der Waals surface area contributed by atoms with Gasteiger partial charge in [-0.2, -0.15) is 5.10 Å². The number of carbonyl (C=O) groups is 1. The number of benzene rings is 1. The standard InChI is InChI=1S/C21H25N5O/c1-26(14-16-5-3-2-4-6-16)19-8-7-17-20(24-25-21(17)23-19)18(27)13-15-9-11-22-12-10-15/h2-8,15,22H,9-14H2,1H3,(H,23,24,25). The second kappa shape index (κ2) is 7.88. The lowest BCUT2D eigenvalue weighted by atomic mass is 9.91. The van der Waals surface area contributed by atoms with Crippen LogP contribution in [0.15, 0.2) is 42.5 Å². The molecule has 27 heavy (non-hydrogen) atoms. The molecule has 1 fully saturated rings. The molecule has 0 bridgehead atoms. The fourth-order valence-electron chi connectivity index (χ4n) is 3.70. The Morgan fingerprint density at radius 2 is 1.93 bits per heavy atom. The highest BCUT2D eigenvalue weighted by atomic mass is 16.1. The summed E-state index contributed by atoms with van der Waals surface area (Å²) in [6, 6.07) is 14.2. The number of aromatic nitrogens is 3. The molecular weight excluding hydrogens is 338 g/mol. The van der Waals surface area contributed by atoms with Gasteiger partial charge in [-0.05, 0) is 49.5 Å². The molecule has 0 aliphatic carbocycles. The number of fused-ring (bicyclic) bond motifs is 1. The Morgan fingerprint density at radius 1 is 1.15 bits per heavy atom. The lowest BCUT2D eigenvalue weighted by Crippen LogP contribution is -2.29. The molecular formula is C21H25N5O. The van der Waals surface area contributed by atoms with Crippen LogP contribution >= 0.6 is 0 Å². The van der Waals surface area contributed by atoms with Gasteiger partial charge in [-0.25, -0.2) is 4.98 Å². The van der Waals surface area contributed by atoms with E-state index < -0.39 is 0 Å². The Bertz CT molecular complexity index is 915. The molecule has 0 radical (unpaired) electrons. The van der Waals surface area contributed by atoms with Crippen LogP contribution in [-0.2, 0) is 6.54 Å². The van der Waals surface area contributed by atoms with Gasteiger partial charge in [-0.1, -0.05) is 30.3 Å². The van der Waals surface area contributed by atoms with Crippen LogP contribution in [0.25, 0.3) is 11.0 Å². The van der Waals surface area contributed by atoms with Crippen molar-refractivity contribution in [2.24, 2.45) is 5.92 Å². The van der Waals surface area contributed by atoms with Gasteiger partial charge < -0.3 is 10.2 Å². The van der Waals surface area contributed by atoms with E-state index in [0.29, 0.717) is 23.7 Å². The van der Waals surface area contributed by atoms with Crippen LogP contribution in [0, 0.1) is 5.92 Å². The first kappa shape index (κ1) is 17.7. The van der Waals surface area contributed by atoms with E-state index in [-0.39, 0.29) is 5.78 Å². The van der Waals surface area contributed by atoms with Crippen LogP contribution in [0.1, 0.15) is 35.3 Å². The van der Waals surface area contributed by atoms with Crippen LogP contribution in [0.2, 0.25) is 0 Å². The van der Waals surface area contributed by atoms with Crippen molar-refractivity contribution in [2.75, 3.05) is 25.0 Å². The molecule has 2 N–H and O–H groups in total. The number of aromatic amines is 1. The van der Waals surface area contributed by atoms with Crippen molar-refractivity contribution in [3.05, 3.63) is 53.7 Å². The van der Waals surface area contributed by atoms with Gasteiger partial charge in [-0.15, -0.1) is 0 Å². The average molecular weight is 363 g/mol. The Kier molecular flexibility index (Phi) is 5.16. The monoisotopic (exact) mass is 363 g/mol. The Balaban J connectivity index is 1.50. The van der Waals surface area contributed by atoms with E-state index in [2.05, 4.69) is 37.5 Å². The van der Waals surface area contributed by atoms with E-state index in [1.165, 1.54) is 5.56 Å². The molecule has 0 saturated carbocycles. The van der Waals surface area contributed by atoms with E-state index >= 15 is 0 Å².